The number of hydrogen-bond donors (Lipinski definition) is 1. The van der Waals surface area contributed by atoms with Crippen LogP contribution < -0.4 is 4.74 Å². The number of hydrogen-bond acceptors (Lipinski definition) is 5. The SMILES string of the molecule is C=CC(=O)Oc1cccc(N=NS(=O)(=O)O)c1. The lowest BCUT2D eigenvalue weighted by Gasteiger charge is -2.00. The molecule has 90 valence electrons. The van der Waals surface area contributed by atoms with Gasteiger partial charge in [-0.1, -0.05) is 12.6 Å². The van der Waals surface area contributed by atoms with Gasteiger partial charge in [0.25, 0.3) is 0 Å². The first-order valence-corrected chi connectivity index (χ1v) is 5.65. The maximum Gasteiger partial charge on any atom is 0.396 e. The predicted molar refractivity (Wildman–Crippen MR) is 58.3 cm³/mol. The van der Waals surface area contributed by atoms with Crippen molar-refractivity contribution in [3.05, 3.63) is 36.9 Å². The van der Waals surface area contributed by atoms with E-state index in [4.69, 9.17) is 9.29 Å². The average molecular weight is 256 g/mol. The van der Waals surface area contributed by atoms with Crippen LogP contribution in [0.3, 0.4) is 0 Å². The monoisotopic (exact) mass is 256 g/mol. The van der Waals surface area contributed by atoms with Gasteiger partial charge in [-0.25, -0.2) is 4.79 Å². The Labute approximate surface area is 97.3 Å². The summed E-state index contributed by atoms with van der Waals surface area (Å²) in [4.78, 5) is 10.9. The van der Waals surface area contributed by atoms with E-state index < -0.39 is 16.3 Å². The Balaban J connectivity index is 2.90. The van der Waals surface area contributed by atoms with Crippen molar-refractivity contribution in [3.8, 4) is 5.75 Å². The summed E-state index contributed by atoms with van der Waals surface area (Å²) in [5, 5.41) is 3.24. The lowest BCUT2D eigenvalue weighted by molar-refractivity contribution is -0.128. The molecule has 0 spiro atoms. The summed E-state index contributed by atoms with van der Waals surface area (Å²) in [5.74, 6) is -0.504. The van der Waals surface area contributed by atoms with Gasteiger partial charge < -0.3 is 4.74 Å². The van der Waals surface area contributed by atoms with E-state index in [0.29, 0.717) is 0 Å². The first kappa shape index (κ1) is 13.0. The maximum atomic E-state index is 10.9. The van der Waals surface area contributed by atoms with Gasteiger partial charge in [-0.05, 0) is 16.7 Å². The highest BCUT2D eigenvalue weighted by atomic mass is 32.2. The van der Waals surface area contributed by atoms with Crippen LogP contribution in [0.4, 0.5) is 5.69 Å². The molecule has 1 rings (SSSR count). The Morgan fingerprint density at radius 2 is 2.18 bits per heavy atom. The van der Waals surface area contributed by atoms with Crippen LogP contribution >= 0.6 is 0 Å². The molecule has 0 radical (unpaired) electrons. The normalized spacial score (nSPS) is 11.4. The topological polar surface area (TPSA) is 105 Å². The van der Waals surface area contributed by atoms with Gasteiger partial charge in [0.15, 0.2) is 0 Å². The number of carbonyl (C=O) groups excluding carboxylic acids is 1. The highest BCUT2D eigenvalue weighted by Crippen LogP contribution is 2.20. The fourth-order valence-corrected chi connectivity index (χ4v) is 1.06. The second-order valence-corrected chi connectivity index (χ2v) is 3.81. The minimum absolute atomic E-state index is 0.108. The lowest BCUT2D eigenvalue weighted by atomic mass is 10.3. The largest absolute Gasteiger partial charge is 0.423 e. The van der Waals surface area contributed by atoms with Crippen molar-refractivity contribution in [2.75, 3.05) is 0 Å². The quantitative estimate of drug-likeness (QED) is 0.290. The van der Waals surface area contributed by atoms with Crippen molar-refractivity contribution in [1.82, 2.24) is 0 Å². The van der Waals surface area contributed by atoms with Crippen molar-refractivity contribution in [2.24, 2.45) is 9.63 Å². The third-order valence-corrected chi connectivity index (χ3v) is 1.75. The first-order valence-electron chi connectivity index (χ1n) is 4.25. The van der Waals surface area contributed by atoms with Crippen LogP contribution in [0.25, 0.3) is 0 Å². The van der Waals surface area contributed by atoms with E-state index in [-0.39, 0.29) is 11.4 Å². The van der Waals surface area contributed by atoms with Crippen LogP contribution in [-0.4, -0.2) is 18.9 Å². The molecule has 0 atom stereocenters. The number of rotatable bonds is 4. The minimum atomic E-state index is -4.53. The Morgan fingerprint density at radius 3 is 2.76 bits per heavy atom. The lowest BCUT2D eigenvalue weighted by Crippen LogP contribution is -2.02. The average Bonchev–Trinajstić information content (AvgIpc) is 2.26. The van der Waals surface area contributed by atoms with E-state index in [1.54, 1.807) is 0 Å². The van der Waals surface area contributed by atoms with Crippen molar-refractivity contribution < 1.29 is 22.5 Å². The van der Waals surface area contributed by atoms with E-state index in [9.17, 15) is 13.2 Å². The van der Waals surface area contributed by atoms with Crippen molar-refractivity contribution in [2.45, 2.75) is 0 Å². The molecule has 0 amide bonds. The number of esters is 1. The molecular formula is C9H8N2O5S. The minimum Gasteiger partial charge on any atom is -0.423 e. The number of ether oxygens (including phenoxy) is 1. The fraction of sp³-hybridized carbons (Fsp3) is 0. The molecule has 7 nitrogen and oxygen atoms in total. The van der Waals surface area contributed by atoms with Crippen molar-refractivity contribution >= 4 is 22.0 Å². The molecule has 17 heavy (non-hydrogen) atoms. The first-order chi connectivity index (χ1) is 7.90. The molecule has 0 saturated heterocycles. The Bertz CT molecular complexity index is 565. The highest BCUT2D eigenvalue weighted by molar-refractivity contribution is 7.84. The predicted octanol–water partition coefficient (Wildman–Crippen LogP) is 1.66. The number of nitrogens with zero attached hydrogens (tertiary/aromatic N) is 2. The fourth-order valence-electron chi connectivity index (χ4n) is 0.866. The Kier molecular flexibility index (Phi) is 4.07. The standard InChI is InChI=1S/C9H8N2O5S/c1-2-9(12)16-8-5-3-4-7(6-8)10-11-17(13,14)15/h2-6H,1H2,(H,13,14,15). The van der Waals surface area contributed by atoms with Gasteiger partial charge in [0.2, 0.25) is 0 Å². The summed E-state index contributed by atoms with van der Waals surface area (Å²) < 4.78 is 36.4. The molecule has 8 heteroatoms. The molecule has 1 aromatic carbocycles. The van der Waals surface area contributed by atoms with Crippen LogP contribution in [0.15, 0.2) is 46.6 Å². The summed E-state index contributed by atoms with van der Waals surface area (Å²) in [6.07, 6.45) is 0.979. The smallest absolute Gasteiger partial charge is 0.396 e. The van der Waals surface area contributed by atoms with Gasteiger partial charge in [0.1, 0.15) is 5.75 Å². The van der Waals surface area contributed by atoms with Crippen molar-refractivity contribution in [1.29, 1.82) is 0 Å². The van der Waals surface area contributed by atoms with Crippen LogP contribution in [0.5, 0.6) is 5.75 Å². The molecule has 0 bridgehead atoms. The number of benzene rings is 1. The van der Waals surface area contributed by atoms with Crippen LogP contribution in [-0.2, 0) is 15.1 Å². The molecule has 0 fully saturated rings. The van der Waals surface area contributed by atoms with E-state index in [2.05, 4.69) is 16.2 Å². The van der Waals surface area contributed by atoms with E-state index in [1.807, 2.05) is 0 Å². The maximum absolute atomic E-state index is 10.9. The molecule has 0 aromatic heterocycles. The van der Waals surface area contributed by atoms with Gasteiger partial charge in [0.05, 0.1) is 5.69 Å². The third-order valence-electron chi connectivity index (χ3n) is 1.46. The second kappa shape index (κ2) is 5.32. The summed E-state index contributed by atoms with van der Waals surface area (Å²) in [6, 6.07) is 5.63. The second-order valence-electron chi connectivity index (χ2n) is 2.75. The Morgan fingerprint density at radius 1 is 1.47 bits per heavy atom. The molecule has 0 aliphatic rings. The van der Waals surface area contributed by atoms with E-state index >= 15 is 0 Å². The van der Waals surface area contributed by atoms with Gasteiger partial charge >= 0.3 is 16.3 Å². The zero-order valence-electron chi connectivity index (χ0n) is 8.48. The van der Waals surface area contributed by atoms with Crippen LogP contribution in [0.2, 0.25) is 0 Å². The number of carbonyl (C=O) groups is 1. The Hall–Kier alpha value is -2.06. The van der Waals surface area contributed by atoms with Crippen LogP contribution in [0, 0.1) is 0 Å². The van der Waals surface area contributed by atoms with Gasteiger partial charge in [0, 0.05) is 12.1 Å². The molecule has 0 unspecified atom stereocenters. The van der Waals surface area contributed by atoms with Gasteiger partial charge in [-0.2, -0.15) is 8.42 Å². The molecule has 0 heterocycles. The zero-order chi connectivity index (χ0) is 12.9. The highest BCUT2D eigenvalue weighted by Gasteiger charge is 2.02. The molecular weight excluding hydrogens is 248 g/mol. The van der Waals surface area contributed by atoms with Crippen LogP contribution in [0.1, 0.15) is 0 Å². The van der Waals surface area contributed by atoms with Gasteiger partial charge in [-0.15, -0.1) is 5.11 Å². The zero-order valence-corrected chi connectivity index (χ0v) is 9.29. The molecule has 0 saturated carbocycles. The summed E-state index contributed by atoms with van der Waals surface area (Å²) in [5.41, 5.74) is 0.108. The van der Waals surface area contributed by atoms with Gasteiger partial charge in [-0.3, -0.25) is 4.55 Å². The van der Waals surface area contributed by atoms with Crippen molar-refractivity contribution in [3.63, 3.8) is 0 Å². The summed E-state index contributed by atoms with van der Waals surface area (Å²) >= 11 is 0. The van der Waals surface area contributed by atoms with E-state index in [1.165, 1.54) is 24.3 Å². The van der Waals surface area contributed by atoms with E-state index in [0.717, 1.165) is 6.08 Å². The third kappa shape index (κ3) is 5.00. The molecule has 0 aliphatic carbocycles. The molecule has 0 aliphatic heterocycles. The molecule has 1 aromatic rings. The summed E-state index contributed by atoms with van der Waals surface area (Å²) in [7, 11) is -4.53. The molecule has 1 N–H and O–H groups in total. The summed E-state index contributed by atoms with van der Waals surface area (Å²) in [6.45, 7) is 3.22.